The maximum atomic E-state index is 5.53. The quantitative estimate of drug-likeness (QED) is 0.803. The van der Waals surface area contributed by atoms with E-state index in [1.54, 1.807) is 7.11 Å². The molecule has 0 radical (unpaired) electrons. The largest absolute Gasteiger partial charge is 0.493 e. The minimum atomic E-state index is 0.442. The van der Waals surface area contributed by atoms with Crippen molar-refractivity contribution < 1.29 is 9.47 Å². The fourth-order valence-electron chi connectivity index (χ4n) is 1.28. The first kappa shape index (κ1) is 11.6. The topological polar surface area (TPSA) is 44.5 Å². The van der Waals surface area contributed by atoms with E-state index in [1.807, 2.05) is 25.1 Å². The van der Waals surface area contributed by atoms with Crippen LogP contribution >= 0.6 is 0 Å². The number of benzene rings is 1. The third-order valence-corrected chi connectivity index (χ3v) is 2.12. The van der Waals surface area contributed by atoms with E-state index in [1.165, 1.54) is 0 Å². The number of methoxy groups -OCH3 is 1. The molecular formula is C12H17NO2. The van der Waals surface area contributed by atoms with Crippen molar-refractivity contribution in [2.45, 2.75) is 6.92 Å². The second-order valence-corrected chi connectivity index (χ2v) is 3.11. The monoisotopic (exact) mass is 207 g/mol. The Bertz CT molecular complexity index is 347. The first-order chi connectivity index (χ1) is 7.22. The Morgan fingerprint density at radius 1 is 1.40 bits per heavy atom. The molecular weight excluding hydrogens is 190 g/mol. The summed E-state index contributed by atoms with van der Waals surface area (Å²) in [6, 6.07) is 5.69. The van der Waals surface area contributed by atoms with Gasteiger partial charge in [0.15, 0.2) is 11.5 Å². The smallest absolute Gasteiger partial charge is 0.161 e. The summed E-state index contributed by atoms with van der Waals surface area (Å²) in [5.41, 5.74) is 7.40. The lowest BCUT2D eigenvalue weighted by Crippen LogP contribution is -2.02. The van der Waals surface area contributed by atoms with Crippen molar-refractivity contribution in [3.63, 3.8) is 0 Å². The number of ether oxygens (including phenoxy) is 2. The summed E-state index contributed by atoms with van der Waals surface area (Å²) in [6.45, 7) is 6.86. The Morgan fingerprint density at radius 3 is 2.67 bits per heavy atom. The highest BCUT2D eigenvalue weighted by Crippen LogP contribution is 2.29. The lowest BCUT2D eigenvalue weighted by atomic mass is 10.1. The van der Waals surface area contributed by atoms with Crippen molar-refractivity contribution in [1.29, 1.82) is 0 Å². The summed E-state index contributed by atoms with van der Waals surface area (Å²) in [4.78, 5) is 0. The van der Waals surface area contributed by atoms with Crippen LogP contribution in [0.5, 0.6) is 11.5 Å². The van der Waals surface area contributed by atoms with E-state index in [9.17, 15) is 0 Å². The molecule has 0 bridgehead atoms. The average Bonchev–Trinajstić information content (AvgIpc) is 2.28. The number of hydrogen-bond acceptors (Lipinski definition) is 3. The van der Waals surface area contributed by atoms with E-state index in [4.69, 9.17) is 15.2 Å². The van der Waals surface area contributed by atoms with Gasteiger partial charge in [-0.1, -0.05) is 12.6 Å². The van der Waals surface area contributed by atoms with E-state index in [2.05, 4.69) is 6.58 Å². The van der Waals surface area contributed by atoms with E-state index < -0.39 is 0 Å². The molecule has 0 aromatic heterocycles. The first-order valence-corrected chi connectivity index (χ1v) is 4.92. The summed E-state index contributed by atoms with van der Waals surface area (Å²) < 4.78 is 10.6. The fraction of sp³-hybridized carbons (Fsp3) is 0.333. The van der Waals surface area contributed by atoms with Crippen molar-refractivity contribution in [2.24, 2.45) is 5.73 Å². The lowest BCUT2D eigenvalue weighted by molar-refractivity contribution is 0.311. The molecule has 15 heavy (non-hydrogen) atoms. The minimum absolute atomic E-state index is 0.442. The van der Waals surface area contributed by atoms with E-state index in [-0.39, 0.29) is 0 Å². The van der Waals surface area contributed by atoms with Crippen LogP contribution in [0.25, 0.3) is 5.57 Å². The molecule has 0 fully saturated rings. The number of nitrogens with two attached hydrogens (primary N) is 1. The third-order valence-electron chi connectivity index (χ3n) is 2.12. The van der Waals surface area contributed by atoms with E-state index in [0.717, 1.165) is 22.6 Å². The molecule has 0 atom stereocenters. The van der Waals surface area contributed by atoms with Gasteiger partial charge in [-0.15, -0.1) is 0 Å². The zero-order chi connectivity index (χ0) is 11.3. The van der Waals surface area contributed by atoms with Gasteiger partial charge >= 0.3 is 0 Å². The van der Waals surface area contributed by atoms with Crippen LogP contribution in [0.15, 0.2) is 24.8 Å². The predicted molar refractivity (Wildman–Crippen MR) is 62.3 cm³/mol. The Balaban J connectivity index is 3.04. The molecule has 0 amide bonds. The van der Waals surface area contributed by atoms with Crippen molar-refractivity contribution >= 4 is 5.57 Å². The summed E-state index contributed by atoms with van der Waals surface area (Å²) in [6.07, 6.45) is 0. The zero-order valence-corrected chi connectivity index (χ0v) is 9.25. The highest BCUT2D eigenvalue weighted by atomic mass is 16.5. The lowest BCUT2D eigenvalue weighted by Gasteiger charge is -2.11. The maximum Gasteiger partial charge on any atom is 0.161 e. The van der Waals surface area contributed by atoms with Crippen LogP contribution < -0.4 is 15.2 Å². The Labute approximate surface area is 90.5 Å². The van der Waals surface area contributed by atoms with Crippen LogP contribution in [0, 0.1) is 0 Å². The summed E-state index contributed by atoms with van der Waals surface area (Å²) >= 11 is 0. The molecule has 0 aliphatic heterocycles. The third kappa shape index (κ3) is 2.73. The Hall–Kier alpha value is -1.48. The van der Waals surface area contributed by atoms with Crippen molar-refractivity contribution in [3.05, 3.63) is 30.3 Å². The van der Waals surface area contributed by atoms with E-state index >= 15 is 0 Å². The van der Waals surface area contributed by atoms with Crippen molar-refractivity contribution in [2.75, 3.05) is 20.3 Å². The molecule has 0 aliphatic rings. The second-order valence-electron chi connectivity index (χ2n) is 3.11. The molecule has 0 spiro atoms. The van der Waals surface area contributed by atoms with Gasteiger partial charge in [-0.2, -0.15) is 0 Å². The molecule has 1 aromatic carbocycles. The average molecular weight is 207 g/mol. The highest BCUT2D eigenvalue weighted by Gasteiger charge is 2.06. The van der Waals surface area contributed by atoms with Gasteiger partial charge < -0.3 is 15.2 Å². The van der Waals surface area contributed by atoms with Crippen LogP contribution in [-0.2, 0) is 0 Å². The summed E-state index contributed by atoms with van der Waals surface area (Å²) in [5.74, 6) is 1.46. The van der Waals surface area contributed by atoms with Crippen LogP contribution in [0.3, 0.4) is 0 Å². The van der Waals surface area contributed by atoms with Crippen LogP contribution in [0.4, 0.5) is 0 Å². The second kappa shape index (κ2) is 5.41. The predicted octanol–water partition coefficient (Wildman–Crippen LogP) is 2.07. The summed E-state index contributed by atoms with van der Waals surface area (Å²) in [5, 5.41) is 0. The van der Waals surface area contributed by atoms with Gasteiger partial charge in [0.05, 0.1) is 13.7 Å². The molecule has 1 rings (SSSR count). The molecule has 0 heterocycles. The zero-order valence-electron chi connectivity index (χ0n) is 9.25. The molecule has 2 N–H and O–H groups in total. The highest BCUT2D eigenvalue weighted by molar-refractivity contribution is 5.67. The Kier molecular flexibility index (Phi) is 4.18. The molecule has 0 unspecified atom stereocenters. The minimum Gasteiger partial charge on any atom is -0.493 e. The number of hydrogen-bond donors (Lipinski definition) is 1. The molecule has 0 saturated carbocycles. The first-order valence-electron chi connectivity index (χ1n) is 4.92. The fourth-order valence-corrected chi connectivity index (χ4v) is 1.28. The van der Waals surface area contributed by atoms with Gasteiger partial charge in [0.1, 0.15) is 0 Å². The molecule has 3 nitrogen and oxygen atoms in total. The van der Waals surface area contributed by atoms with Crippen molar-refractivity contribution in [1.82, 2.24) is 0 Å². The van der Waals surface area contributed by atoms with E-state index in [0.29, 0.717) is 13.2 Å². The summed E-state index contributed by atoms with van der Waals surface area (Å²) in [7, 11) is 1.62. The van der Waals surface area contributed by atoms with Gasteiger partial charge in [0, 0.05) is 6.54 Å². The van der Waals surface area contributed by atoms with Gasteiger partial charge in [-0.3, -0.25) is 0 Å². The SMILES string of the molecule is C=C(CN)c1ccc(OC)c(OCC)c1. The van der Waals surface area contributed by atoms with Crippen LogP contribution in [-0.4, -0.2) is 20.3 Å². The molecule has 82 valence electrons. The Morgan fingerprint density at radius 2 is 2.13 bits per heavy atom. The molecule has 0 aliphatic carbocycles. The van der Waals surface area contributed by atoms with Crippen LogP contribution in [0.1, 0.15) is 12.5 Å². The molecule has 0 saturated heterocycles. The molecule has 3 heteroatoms. The van der Waals surface area contributed by atoms with Gasteiger partial charge in [-0.25, -0.2) is 0 Å². The normalized spacial score (nSPS) is 9.80. The molecule has 1 aromatic rings. The van der Waals surface area contributed by atoms with Crippen molar-refractivity contribution in [3.8, 4) is 11.5 Å². The maximum absolute atomic E-state index is 5.53. The standard InChI is InChI=1S/C12H17NO2/c1-4-15-12-7-10(9(2)8-13)5-6-11(12)14-3/h5-7H,2,4,8,13H2,1,3H3. The number of rotatable bonds is 5. The van der Waals surface area contributed by atoms with Crippen LogP contribution in [0.2, 0.25) is 0 Å². The van der Waals surface area contributed by atoms with Gasteiger partial charge in [-0.05, 0) is 30.2 Å². The van der Waals surface area contributed by atoms with Gasteiger partial charge in [0.2, 0.25) is 0 Å². The van der Waals surface area contributed by atoms with Gasteiger partial charge in [0.25, 0.3) is 0 Å².